The van der Waals surface area contributed by atoms with E-state index in [4.69, 9.17) is 5.73 Å². The van der Waals surface area contributed by atoms with Crippen molar-refractivity contribution in [2.75, 3.05) is 12.3 Å². The first-order valence-corrected chi connectivity index (χ1v) is 4.04. The summed E-state index contributed by atoms with van der Waals surface area (Å²) in [6.07, 6.45) is 0. The molecule has 14 heavy (non-hydrogen) atoms. The minimum Gasteiger partial charge on any atom is -0.507 e. The molecule has 0 aliphatic heterocycles. The van der Waals surface area contributed by atoms with E-state index in [1.54, 1.807) is 6.92 Å². The molecule has 76 valence electrons. The number of phenols is 2. The van der Waals surface area contributed by atoms with Gasteiger partial charge in [-0.05, 0) is 6.92 Å². The van der Waals surface area contributed by atoms with Crippen molar-refractivity contribution in [3.8, 4) is 11.5 Å². The third-order valence-electron chi connectivity index (χ3n) is 1.64. The summed E-state index contributed by atoms with van der Waals surface area (Å²) < 4.78 is 4.65. The zero-order chi connectivity index (χ0) is 10.7. The highest BCUT2D eigenvalue weighted by Gasteiger charge is 2.14. The van der Waals surface area contributed by atoms with E-state index in [9.17, 15) is 15.0 Å². The highest BCUT2D eigenvalue weighted by atomic mass is 16.5. The van der Waals surface area contributed by atoms with Crippen LogP contribution in [-0.2, 0) is 4.74 Å². The van der Waals surface area contributed by atoms with E-state index in [-0.39, 0.29) is 29.4 Å². The summed E-state index contributed by atoms with van der Waals surface area (Å²) in [5.41, 5.74) is 5.21. The van der Waals surface area contributed by atoms with Crippen molar-refractivity contribution >= 4 is 11.7 Å². The summed E-state index contributed by atoms with van der Waals surface area (Å²) in [4.78, 5) is 11.2. The Morgan fingerprint density at radius 2 is 2.07 bits per heavy atom. The first-order valence-electron chi connectivity index (χ1n) is 4.04. The van der Waals surface area contributed by atoms with Crippen molar-refractivity contribution in [3.05, 3.63) is 17.7 Å². The number of carbonyl (C=O) groups is 1. The van der Waals surface area contributed by atoms with Gasteiger partial charge in [0.1, 0.15) is 17.1 Å². The van der Waals surface area contributed by atoms with Gasteiger partial charge >= 0.3 is 5.97 Å². The van der Waals surface area contributed by atoms with Crippen molar-refractivity contribution in [3.63, 3.8) is 0 Å². The molecular formula is C9H11NO4. The maximum atomic E-state index is 11.2. The van der Waals surface area contributed by atoms with Crippen LogP contribution in [0.15, 0.2) is 12.1 Å². The molecule has 1 aromatic carbocycles. The molecule has 0 spiro atoms. The molecule has 0 aliphatic carbocycles. The molecule has 0 saturated carbocycles. The Bertz CT molecular complexity index is 362. The summed E-state index contributed by atoms with van der Waals surface area (Å²) in [7, 11) is 0. The molecule has 0 saturated heterocycles. The van der Waals surface area contributed by atoms with E-state index < -0.39 is 5.97 Å². The molecule has 0 aromatic heterocycles. The molecule has 1 rings (SSSR count). The smallest absolute Gasteiger partial charge is 0.342 e. The molecule has 5 nitrogen and oxygen atoms in total. The van der Waals surface area contributed by atoms with Gasteiger partial charge in [-0.2, -0.15) is 0 Å². The SMILES string of the molecule is CCOC(=O)c1cc(O)c(N)cc1O. The molecule has 0 amide bonds. The number of carbonyl (C=O) groups excluding carboxylic acids is 1. The lowest BCUT2D eigenvalue weighted by Crippen LogP contribution is -2.05. The molecule has 0 aliphatic rings. The molecule has 0 radical (unpaired) electrons. The minimum absolute atomic E-state index is 0.00977. The lowest BCUT2D eigenvalue weighted by atomic mass is 10.1. The molecule has 4 N–H and O–H groups in total. The Labute approximate surface area is 80.7 Å². The zero-order valence-electron chi connectivity index (χ0n) is 7.65. The first kappa shape index (κ1) is 10.2. The molecule has 0 atom stereocenters. The maximum absolute atomic E-state index is 11.2. The second-order valence-corrected chi connectivity index (χ2v) is 2.65. The maximum Gasteiger partial charge on any atom is 0.342 e. The Kier molecular flexibility index (Phi) is 2.81. The van der Waals surface area contributed by atoms with Gasteiger partial charge in [-0.25, -0.2) is 4.79 Å². The first-order chi connectivity index (χ1) is 6.56. The second-order valence-electron chi connectivity index (χ2n) is 2.65. The van der Waals surface area contributed by atoms with Crippen molar-refractivity contribution in [1.29, 1.82) is 0 Å². The number of nitrogen functional groups attached to an aromatic ring is 1. The van der Waals surface area contributed by atoms with E-state index >= 15 is 0 Å². The zero-order valence-corrected chi connectivity index (χ0v) is 7.65. The van der Waals surface area contributed by atoms with Gasteiger partial charge in [0.25, 0.3) is 0 Å². The number of benzene rings is 1. The Morgan fingerprint density at radius 1 is 1.43 bits per heavy atom. The summed E-state index contributed by atoms with van der Waals surface area (Å²) in [6.45, 7) is 1.84. The third-order valence-corrected chi connectivity index (χ3v) is 1.64. The number of nitrogens with two attached hydrogens (primary N) is 1. The van der Waals surface area contributed by atoms with Crippen LogP contribution in [0.3, 0.4) is 0 Å². The molecule has 0 bridgehead atoms. The molecule has 5 heteroatoms. The minimum atomic E-state index is -0.694. The topological polar surface area (TPSA) is 92.8 Å². The Hall–Kier alpha value is -1.91. The van der Waals surface area contributed by atoms with Gasteiger partial charge in [0.15, 0.2) is 0 Å². The van der Waals surface area contributed by atoms with Gasteiger partial charge in [0, 0.05) is 12.1 Å². The summed E-state index contributed by atoms with van der Waals surface area (Å²) in [5, 5.41) is 18.5. The molecular weight excluding hydrogens is 186 g/mol. The number of rotatable bonds is 2. The number of esters is 1. The average molecular weight is 197 g/mol. The van der Waals surface area contributed by atoms with Gasteiger partial charge < -0.3 is 20.7 Å². The van der Waals surface area contributed by atoms with Crippen molar-refractivity contribution < 1.29 is 19.7 Å². The van der Waals surface area contributed by atoms with Crippen molar-refractivity contribution in [2.24, 2.45) is 0 Å². The lowest BCUT2D eigenvalue weighted by molar-refractivity contribution is 0.0522. The van der Waals surface area contributed by atoms with E-state index in [1.807, 2.05) is 0 Å². The quantitative estimate of drug-likeness (QED) is 0.283. The Balaban J connectivity index is 3.09. The lowest BCUT2D eigenvalue weighted by Gasteiger charge is -2.06. The van der Waals surface area contributed by atoms with Crippen molar-refractivity contribution in [1.82, 2.24) is 0 Å². The second kappa shape index (κ2) is 3.87. The fraction of sp³-hybridized carbons (Fsp3) is 0.222. The van der Waals surface area contributed by atoms with Gasteiger partial charge in [0.05, 0.1) is 12.3 Å². The molecule has 1 aromatic rings. The third kappa shape index (κ3) is 1.87. The summed E-state index contributed by atoms with van der Waals surface area (Å²) in [6, 6.07) is 2.17. The highest BCUT2D eigenvalue weighted by Crippen LogP contribution is 2.29. The Morgan fingerprint density at radius 3 is 2.64 bits per heavy atom. The number of phenolic OH excluding ortho intramolecular Hbond substituents is 2. The van der Waals surface area contributed by atoms with Crippen LogP contribution in [0.1, 0.15) is 17.3 Å². The van der Waals surface area contributed by atoms with Crippen LogP contribution in [0.2, 0.25) is 0 Å². The number of anilines is 1. The standard InChI is InChI=1S/C9H11NO4/c1-2-14-9(13)5-3-8(12)6(10)4-7(5)11/h3-4,11-12H,2,10H2,1H3. The average Bonchev–Trinajstić information content (AvgIpc) is 2.11. The van der Waals surface area contributed by atoms with Gasteiger partial charge in [-0.3, -0.25) is 0 Å². The highest BCUT2D eigenvalue weighted by molar-refractivity contribution is 5.93. The normalized spacial score (nSPS) is 9.79. The number of ether oxygens (including phenoxy) is 1. The van der Waals surface area contributed by atoms with Crippen LogP contribution < -0.4 is 5.73 Å². The number of aromatic hydroxyl groups is 2. The van der Waals surface area contributed by atoms with Crippen LogP contribution in [0.25, 0.3) is 0 Å². The van der Waals surface area contributed by atoms with E-state index in [1.165, 1.54) is 0 Å². The number of hydrogen-bond donors (Lipinski definition) is 3. The van der Waals surface area contributed by atoms with Crippen molar-refractivity contribution in [2.45, 2.75) is 6.92 Å². The van der Waals surface area contributed by atoms with Crippen LogP contribution in [0.4, 0.5) is 5.69 Å². The summed E-state index contributed by atoms with van der Waals surface area (Å²) in [5.74, 6) is -1.26. The predicted octanol–water partition coefficient (Wildman–Crippen LogP) is 0.857. The van der Waals surface area contributed by atoms with E-state index in [0.29, 0.717) is 0 Å². The van der Waals surface area contributed by atoms with Gasteiger partial charge in [0.2, 0.25) is 0 Å². The van der Waals surface area contributed by atoms with E-state index in [0.717, 1.165) is 12.1 Å². The van der Waals surface area contributed by atoms with Crippen LogP contribution in [-0.4, -0.2) is 22.8 Å². The summed E-state index contributed by atoms with van der Waals surface area (Å²) >= 11 is 0. The fourth-order valence-corrected chi connectivity index (χ4v) is 0.965. The van der Waals surface area contributed by atoms with Gasteiger partial charge in [-0.15, -0.1) is 0 Å². The fourth-order valence-electron chi connectivity index (χ4n) is 0.965. The van der Waals surface area contributed by atoms with Crippen LogP contribution in [0.5, 0.6) is 11.5 Å². The molecule has 0 heterocycles. The monoisotopic (exact) mass is 197 g/mol. The largest absolute Gasteiger partial charge is 0.507 e. The molecule has 0 unspecified atom stereocenters. The molecule has 0 fully saturated rings. The van der Waals surface area contributed by atoms with Crippen LogP contribution >= 0.6 is 0 Å². The van der Waals surface area contributed by atoms with Gasteiger partial charge in [-0.1, -0.05) is 0 Å². The van der Waals surface area contributed by atoms with E-state index in [2.05, 4.69) is 4.74 Å². The number of hydrogen-bond acceptors (Lipinski definition) is 5. The van der Waals surface area contributed by atoms with Crippen LogP contribution in [0, 0.1) is 0 Å². The predicted molar refractivity (Wildman–Crippen MR) is 50.1 cm³/mol.